The average molecular weight is 332 g/mol. The fourth-order valence-electron chi connectivity index (χ4n) is 2.09. The van der Waals surface area contributed by atoms with Crippen molar-refractivity contribution in [1.29, 1.82) is 0 Å². The molecule has 1 atom stereocenters. The van der Waals surface area contributed by atoms with E-state index >= 15 is 0 Å². The van der Waals surface area contributed by atoms with Crippen LogP contribution in [0.2, 0.25) is 0 Å². The molecule has 1 unspecified atom stereocenters. The van der Waals surface area contributed by atoms with Crippen LogP contribution < -0.4 is 4.74 Å². The molecule has 16 heavy (non-hydrogen) atoms. The predicted molar refractivity (Wildman–Crippen MR) is 69.4 cm³/mol. The van der Waals surface area contributed by atoms with Gasteiger partial charge in [-0.2, -0.15) is 0 Å². The first-order chi connectivity index (χ1) is 7.70. The first kappa shape index (κ1) is 11.7. The van der Waals surface area contributed by atoms with E-state index in [1.54, 1.807) is 0 Å². The summed E-state index contributed by atoms with van der Waals surface area (Å²) >= 11 is 2.40. The van der Waals surface area contributed by atoms with Gasteiger partial charge in [0.15, 0.2) is 6.61 Å². The van der Waals surface area contributed by atoms with Crippen LogP contribution in [0.15, 0.2) is 18.2 Å². The number of hydrogen-bond acceptors (Lipinski definition) is 2. The second kappa shape index (κ2) is 5.03. The van der Waals surface area contributed by atoms with E-state index in [-0.39, 0.29) is 6.61 Å². The lowest BCUT2D eigenvalue weighted by molar-refractivity contribution is -0.139. The summed E-state index contributed by atoms with van der Waals surface area (Å²) in [5, 5.41) is 8.60. The zero-order valence-electron chi connectivity index (χ0n) is 8.78. The Morgan fingerprint density at radius 3 is 3.00 bits per heavy atom. The first-order valence-electron chi connectivity index (χ1n) is 5.22. The number of fused-ring (bicyclic) bond motifs is 1. The molecule has 1 aromatic rings. The fraction of sp³-hybridized carbons (Fsp3) is 0.417. The van der Waals surface area contributed by atoms with E-state index in [2.05, 4.69) is 28.7 Å². The van der Waals surface area contributed by atoms with Crippen molar-refractivity contribution in [2.24, 2.45) is 5.92 Å². The maximum absolute atomic E-state index is 10.5. The van der Waals surface area contributed by atoms with Crippen LogP contribution >= 0.6 is 22.6 Å². The van der Waals surface area contributed by atoms with E-state index in [9.17, 15) is 4.79 Å². The molecular weight excluding hydrogens is 319 g/mol. The third-order valence-electron chi connectivity index (χ3n) is 2.80. The molecule has 0 saturated heterocycles. The van der Waals surface area contributed by atoms with Crippen molar-refractivity contribution in [3.8, 4) is 5.75 Å². The molecule has 0 saturated carbocycles. The third kappa shape index (κ3) is 2.48. The van der Waals surface area contributed by atoms with E-state index < -0.39 is 5.97 Å². The van der Waals surface area contributed by atoms with Crippen molar-refractivity contribution < 1.29 is 14.6 Å². The number of carboxylic acid groups (broad SMARTS) is 1. The zero-order chi connectivity index (χ0) is 11.5. The Morgan fingerprint density at radius 2 is 2.31 bits per heavy atom. The summed E-state index contributed by atoms with van der Waals surface area (Å²) in [6, 6.07) is 5.90. The lowest BCUT2D eigenvalue weighted by Gasteiger charge is -2.08. The molecule has 86 valence electrons. The summed E-state index contributed by atoms with van der Waals surface area (Å²) in [6.07, 6.45) is 2.09. The average Bonchev–Trinajstić information content (AvgIpc) is 2.69. The van der Waals surface area contributed by atoms with Crippen LogP contribution in [0.4, 0.5) is 0 Å². The number of halogens is 1. The van der Waals surface area contributed by atoms with E-state index in [4.69, 9.17) is 9.84 Å². The van der Waals surface area contributed by atoms with Gasteiger partial charge in [0, 0.05) is 4.43 Å². The van der Waals surface area contributed by atoms with Gasteiger partial charge >= 0.3 is 5.97 Å². The maximum Gasteiger partial charge on any atom is 0.341 e. The molecule has 0 amide bonds. The highest BCUT2D eigenvalue weighted by Gasteiger charge is 2.23. The number of aliphatic carboxylic acids is 1. The smallest absolute Gasteiger partial charge is 0.341 e. The van der Waals surface area contributed by atoms with E-state index in [0.29, 0.717) is 5.92 Å². The van der Waals surface area contributed by atoms with E-state index in [1.807, 2.05) is 12.1 Å². The van der Waals surface area contributed by atoms with Crippen LogP contribution in [-0.2, 0) is 17.6 Å². The van der Waals surface area contributed by atoms with Crippen molar-refractivity contribution in [2.75, 3.05) is 11.0 Å². The molecule has 0 fully saturated rings. The van der Waals surface area contributed by atoms with Crippen LogP contribution in [0.25, 0.3) is 0 Å². The summed E-state index contributed by atoms with van der Waals surface area (Å²) in [4.78, 5) is 10.5. The molecule has 4 heteroatoms. The SMILES string of the molecule is O=C(O)COc1cccc2c1CC(CI)C2. The van der Waals surface area contributed by atoms with Crippen LogP contribution in [0.5, 0.6) is 5.75 Å². The molecule has 0 aromatic heterocycles. The molecule has 1 aliphatic carbocycles. The monoisotopic (exact) mass is 332 g/mol. The molecule has 3 nitrogen and oxygen atoms in total. The molecule has 1 N–H and O–H groups in total. The van der Waals surface area contributed by atoms with Crippen molar-refractivity contribution in [3.05, 3.63) is 29.3 Å². The molecule has 2 rings (SSSR count). The van der Waals surface area contributed by atoms with Gasteiger partial charge in [-0.1, -0.05) is 34.7 Å². The Morgan fingerprint density at radius 1 is 1.50 bits per heavy atom. The van der Waals surface area contributed by atoms with Gasteiger partial charge in [0.2, 0.25) is 0 Å². The number of ether oxygens (including phenoxy) is 1. The van der Waals surface area contributed by atoms with Crippen LogP contribution in [0.3, 0.4) is 0 Å². The number of benzene rings is 1. The summed E-state index contributed by atoms with van der Waals surface area (Å²) in [5.74, 6) is 0.485. The van der Waals surface area contributed by atoms with Gasteiger partial charge in [-0.3, -0.25) is 0 Å². The van der Waals surface area contributed by atoms with Crippen molar-refractivity contribution >= 4 is 28.6 Å². The second-order valence-electron chi connectivity index (χ2n) is 4.00. The van der Waals surface area contributed by atoms with Crippen LogP contribution in [0, 0.1) is 5.92 Å². The molecule has 0 aliphatic heterocycles. The minimum absolute atomic E-state index is 0.259. The molecule has 0 heterocycles. The standard InChI is InChI=1S/C12H13IO3/c13-6-8-4-9-2-1-3-11(10(9)5-8)16-7-12(14)15/h1-3,8H,4-7H2,(H,14,15). The van der Waals surface area contributed by atoms with Crippen LogP contribution in [-0.4, -0.2) is 22.1 Å². The lowest BCUT2D eigenvalue weighted by atomic mass is 10.1. The Bertz CT molecular complexity index is 403. The Hall–Kier alpha value is -0.780. The highest BCUT2D eigenvalue weighted by molar-refractivity contribution is 14.1. The summed E-state index contributed by atoms with van der Waals surface area (Å²) in [6.45, 7) is -0.259. The summed E-state index contributed by atoms with van der Waals surface area (Å²) in [7, 11) is 0. The van der Waals surface area contributed by atoms with Gasteiger partial charge in [0.05, 0.1) is 0 Å². The van der Waals surface area contributed by atoms with E-state index in [1.165, 1.54) is 11.1 Å². The first-order valence-corrected chi connectivity index (χ1v) is 6.74. The van der Waals surface area contributed by atoms with E-state index in [0.717, 1.165) is 23.0 Å². The lowest BCUT2D eigenvalue weighted by Crippen LogP contribution is -2.10. The number of carboxylic acids is 1. The molecular formula is C12H13IO3. The van der Waals surface area contributed by atoms with Gasteiger partial charge in [0.25, 0.3) is 0 Å². The van der Waals surface area contributed by atoms with Crippen LogP contribution in [0.1, 0.15) is 11.1 Å². The van der Waals surface area contributed by atoms with Crippen molar-refractivity contribution in [1.82, 2.24) is 0 Å². The Kier molecular flexibility index (Phi) is 3.68. The Labute approximate surface area is 108 Å². The molecule has 1 aliphatic rings. The van der Waals surface area contributed by atoms with Gasteiger partial charge in [0.1, 0.15) is 5.75 Å². The van der Waals surface area contributed by atoms with Gasteiger partial charge in [-0.05, 0) is 36.0 Å². The summed E-state index contributed by atoms with van der Waals surface area (Å²) in [5.41, 5.74) is 2.51. The Balaban J connectivity index is 2.16. The minimum Gasteiger partial charge on any atom is -0.482 e. The number of alkyl halides is 1. The highest BCUT2D eigenvalue weighted by atomic mass is 127. The fourth-order valence-corrected chi connectivity index (χ4v) is 2.71. The van der Waals surface area contributed by atoms with Gasteiger partial charge < -0.3 is 9.84 Å². The number of rotatable bonds is 4. The molecule has 0 bridgehead atoms. The normalized spacial score (nSPS) is 18.2. The largest absolute Gasteiger partial charge is 0.482 e. The number of hydrogen-bond donors (Lipinski definition) is 1. The van der Waals surface area contributed by atoms with Gasteiger partial charge in [-0.25, -0.2) is 4.79 Å². The third-order valence-corrected chi connectivity index (χ3v) is 4.05. The quantitative estimate of drug-likeness (QED) is 0.680. The molecule has 0 spiro atoms. The highest BCUT2D eigenvalue weighted by Crippen LogP contribution is 2.34. The minimum atomic E-state index is -0.930. The second-order valence-corrected chi connectivity index (χ2v) is 4.89. The maximum atomic E-state index is 10.5. The summed E-state index contributed by atoms with van der Waals surface area (Å²) < 4.78 is 6.43. The van der Waals surface area contributed by atoms with Crippen molar-refractivity contribution in [2.45, 2.75) is 12.8 Å². The molecule has 1 aromatic carbocycles. The van der Waals surface area contributed by atoms with Gasteiger partial charge in [-0.15, -0.1) is 0 Å². The zero-order valence-corrected chi connectivity index (χ0v) is 10.9. The predicted octanol–water partition coefficient (Wildman–Crippen LogP) is 2.30. The molecule has 0 radical (unpaired) electrons. The topological polar surface area (TPSA) is 46.5 Å². The number of carbonyl (C=O) groups is 1. The van der Waals surface area contributed by atoms with Crippen molar-refractivity contribution in [3.63, 3.8) is 0 Å².